The van der Waals surface area contributed by atoms with Gasteiger partial charge >= 0.3 is 5.97 Å². The Morgan fingerprint density at radius 1 is 1.14 bits per heavy atom. The lowest BCUT2D eigenvalue weighted by molar-refractivity contribution is 0.0472. The number of carbonyl (C=O) groups is 1. The Morgan fingerprint density at radius 3 is 2.52 bits per heavy atom. The molecule has 0 saturated heterocycles. The van der Waals surface area contributed by atoms with Crippen LogP contribution < -0.4 is 5.32 Å². The Morgan fingerprint density at radius 2 is 1.86 bits per heavy atom. The predicted molar refractivity (Wildman–Crippen MR) is 85.3 cm³/mol. The van der Waals surface area contributed by atoms with Crippen molar-refractivity contribution in [1.82, 2.24) is 0 Å². The largest absolute Gasteiger partial charge is 0.457 e. The number of benzene rings is 2. The van der Waals surface area contributed by atoms with Gasteiger partial charge in [0, 0.05) is 22.3 Å². The number of aliphatic hydroxyl groups excluding tert-OH is 1. The summed E-state index contributed by atoms with van der Waals surface area (Å²) in [7, 11) is 0. The third-order valence-corrected chi connectivity index (χ3v) is 3.65. The standard InChI is InChI=1S/C16H16BrNO3/c17-15-4-2-1-3-13(15)11-21-16(20)12-5-7-14(8-6-12)18-9-10-19/h1-8,18-19H,9-11H2. The van der Waals surface area contributed by atoms with Gasteiger partial charge in [0.05, 0.1) is 12.2 Å². The van der Waals surface area contributed by atoms with Crippen LogP contribution in [0.2, 0.25) is 0 Å². The third kappa shape index (κ3) is 4.58. The van der Waals surface area contributed by atoms with Crippen LogP contribution in [0, 0.1) is 0 Å². The first-order chi connectivity index (χ1) is 10.2. The Kier molecular flexibility index (Phi) is 5.78. The summed E-state index contributed by atoms with van der Waals surface area (Å²) in [5.41, 5.74) is 2.27. The molecule has 4 nitrogen and oxygen atoms in total. The van der Waals surface area contributed by atoms with Crippen molar-refractivity contribution in [3.8, 4) is 0 Å². The van der Waals surface area contributed by atoms with Crippen molar-refractivity contribution in [2.24, 2.45) is 0 Å². The van der Waals surface area contributed by atoms with E-state index in [2.05, 4.69) is 21.2 Å². The Hall–Kier alpha value is -1.85. The Bertz CT molecular complexity index is 599. The van der Waals surface area contributed by atoms with Crippen LogP contribution in [0.1, 0.15) is 15.9 Å². The molecule has 5 heteroatoms. The molecular formula is C16H16BrNO3. The molecule has 21 heavy (non-hydrogen) atoms. The van der Waals surface area contributed by atoms with E-state index in [4.69, 9.17) is 9.84 Å². The van der Waals surface area contributed by atoms with Crippen LogP contribution in [0.3, 0.4) is 0 Å². The van der Waals surface area contributed by atoms with Gasteiger partial charge in [-0.15, -0.1) is 0 Å². The second-order valence-electron chi connectivity index (χ2n) is 4.40. The van der Waals surface area contributed by atoms with Gasteiger partial charge in [0.1, 0.15) is 6.61 Å². The average molecular weight is 350 g/mol. The molecule has 0 aliphatic carbocycles. The zero-order valence-corrected chi connectivity index (χ0v) is 13.0. The first-order valence-electron chi connectivity index (χ1n) is 6.56. The minimum atomic E-state index is -0.362. The Labute approximate surface area is 131 Å². The molecule has 0 saturated carbocycles. The number of esters is 1. The lowest BCUT2D eigenvalue weighted by Gasteiger charge is -2.08. The van der Waals surface area contributed by atoms with E-state index in [0.717, 1.165) is 15.7 Å². The van der Waals surface area contributed by atoms with E-state index in [1.165, 1.54) is 0 Å². The van der Waals surface area contributed by atoms with Gasteiger partial charge in [-0.1, -0.05) is 34.1 Å². The SMILES string of the molecule is O=C(OCc1ccccc1Br)c1ccc(NCCO)cc1. The number of anilines is 1. The molecule has 0 heterocycles. The highest BCUT2D eigenvalue weighted by atomic mass is 79.9. The molecule has 0 unspecified atom stereocenters. The van der Waals surface area contributed by atoms with E-state index in [-0.39, 0.29) is 19.2 Å². The summed E-state index contributed by atoms with van der Waals surface area (Å²) in [5.74, 6) is -0.362. The van der Waals surface area contributed by atoms with Crippen LogP contribution in [0.4, 0.5) is 5.69 Å². The van der Waals surface area contributed by atoms with Crippen LogP contribution in [-0.4, -0.2) is 24.2 Å². The highest BCUT2D eigenvalue weighted by molar-refractivity contribution is 9.10. The Balaban J connectivity index is 1.93. The zero-order chi connectivity index (χ0) is 15.1. The second kappa shape index (κ2) is 7.81. The molecule has 0 fully saturated rings. The molecule has 0 radical (unpaired) electrons. The molecule has 0 atom stereocenters. The molecular weight excluding hydrogens is 334 g/mol. The number of nitrogens with one attached hydrogen (secondary N) is 1. The molecule has 0 amide bonds. The minimum Gasteiger partial charge on any atom is -0.457 e. The van der Waals surface area contributed by atoms with Gasteiger partial charge < -0.3 is 15.2 Å². The van der Waals surface area contributed by atoms with Crippen molar-refractivity contribution >= 4 is 27.6 Å². The van der Waals surface area contributed by atoms with Crippen LogP contribution >= 0.6 is 15.9 Å². The molecule has 0 aliphatic heterocycles. The van der Waals surface area contributed by atoms with E-state index in [0.29, 0.717) is 12.1 Å². The van der Waals surface area contributed by atoms with Gasteiger partial charge in [-0.3, -0.25) is 0 Å². The number of aliphatic hydroxyl groups is 1. The van der Waals surface area contributed by atoms with E-state index in [1.807, 2.05) is 24.3 Å². The fourth-order valence-electron chi connectivity index (χ4n) is 1.77. The van der Waals surface area contributed by atoms with E-state index in [1.54, 1.807) is 24.3 Å². The minimum absolute atomic E-state index is 0.0652. The number of hydrogen-bond acceptors (Lipinski definition) is 4. The predicted octanol–water partition coefficient (Wildman–Crippen LogP) is 3.21. The highest BCUT2D eigenvalue weighted by Gasteiger charge is 2.08. The molecule has 2 N–H and O–H groups in total. The summed E-state index contributed by atoms with van der Waals surface area (Å²) in [6.07, 6.45) is 0. The molecule has 0 spiro atoms. The maximum Gasteiger partial charge on any atom is 0.338 e. The summed E-state index contributed by atoms with van der Waals surface area (Å²) in [6.45, 7) is 0.770. The molecule has 2 aromatic rings. The summed E-state index contributed by atoms with van der Waals surface area (Å²) < 4.78 is 6.20. The van der Waals surface area contributed by atoms with Gasteiger partial charge in [0.25, 0.3) is 0 Å². The van der Waals surface area contributed by atoms with Crippen molar-refractivity contribution in [1.29, 1.82) is 0 Å². The summed E-state index contributed by atoms with van der Waals surface area (Å²) >= 11 is 3.42. The van der Waals surface area contributed by atoms with Gasteiger partial charge in [-0.05, 0) is 30.3 Å². The van der Waals surface area contributed by atoms with E-state index in [9.17, 15) is 4.79 Å². The molecule has 2 aromatic carbocycles. The number of rotatable bonds is 6. The molecule has 0 aromatic heterocycles. The lowest BCUT2D eigenvalue weighted by atomic mass is 10.2. The molecule has 2 rings (SSSR count). The number of halogens is 1. The normalized spacial score (nSPS) is 10.2. The van der Waals surface area contributed by atoms with Crippen LogP contribution in [0.5, 0.6) is 0 Å². The second-order valence-corrected chi connectivity index (χ2v) is 5.25. The molecule has 0 aliphatic rings. The van der Waals surface area contributed by atoms with Gasteiger partial charge in [-0.25, -0.2) is 4.79 Å². The van der Waals surface area contributed by atoms with Crippen LogP contribution in [-0.2, 0) is 11.3 Å². The van der Waals surface area contributed by atoms with E-state index < -0.39 is 0 Å². The fraction of sp³-hybridized carbons (Fsp3) is 0.188. The molecule has 0 bridgehead atoms. The number of hydrogen-bond donors (Lipinski definition) is 2. The number of ether oxygens (including phenoxy) is 1. The zero-order valence-electron chi connectivity index (χ0n) is 11.4. The maximum atomic E-state index is 12.0. The highest BCUT2D eigenvalue weighted by Crippen LogP contribution is 2.17. The lowest BCUT2D eigenvalue weighted by Crippen LogP contribution is -2.07. The quantitative estimate of drug-likeness (QED) is 0.786. The average Bonchev–Trinajstić information content (AvgIpc) is 2.52. The first-order valence-corrected chi connectivity index (χ1v) is 7.35. The van der Waals surface area contributed by atoms with Crippen molar-refractivity contribution in [3.63, 3.8) is 0 Å². The first kappa shape index (κ1) is 15.5. The van der Waals surface area contributed by atoms with Crippen molar-refractivity contribution < 1.29 is 14.6 Å². The third-order valence-electron chi connectivity index (χ3n) is 2.88. The monoisotopic (exact) mass is 349 g/mol. The molecule has 110 valence electrons. The summed E-state index contributed by atoms with van der Waals surface area (Å²) in [6, 6.07) is 14.6. The topological polar surface area (TPSA) is 58.6 Å². The fourth-order valence-corrected chi connectivity index (χ4v) is 2.17. The summed E-state index contributed by atoms with van der Waals surface area (Å²) in [4.78, 5) is 12.0. The van der Waals surface area contributed by atoms with E-state index >= 15 is 0 Å². The van der Waals surface area contributed by atoms with Crippen molar-refractivity contribution in [2.45, 2.75) is 6.61 Å². The van der Waals surface area contributed by atoms with Crippen LogP contribution in [0.15, 0.2) is 53.0 Å². The number of carbonyl (C=O) groups excluding carboxylic acids is 1. The van der Waals surface area contributed by atoms with Crippen LogP contribution in [0.25, 0.3) is 0 Å². The smallest absolute Gasteiger partial charge is 0.338 e. The maximum absolute atomic E-state index is 12.0. The van der Waals surface area contributed by atoms with Gasteiger partial charge in [-0.2, -0.15) is 0 Å². The van der Waals surface area contributed by atoms with Gasteiger partial charge in [0.2, 0.25) is 0 Å². The van der Waals surface area contributed by atoms with Crippen molar-refractivity contribution in [3.05, 3.63) is 64.1 Å². The summed E-state index contributed by atoms with van der Waals surface area (Å²) in [5, 5.41) is 11.7. The van der Waals surface area contributed by atoms with Crippen molar-refractivity contribution in [2.75, 3.05) is 18.5 Å². The van der Waals surface area contributed by atoms with Gasteiger partial charge in [0.15, 0.2) is 0 Å².